The van der Waals surface area contributed by atoms with Crippen molar-refractivity contribution in [2.45, 2.75) is 84.2 Å². The van der Waals surface area contributed by atoms with Crippen molar-refractivity contribution in [2.75, 3.05) is 50.5 Å². The quantitative estimate of drug-likeness (QED) is 0.285. The molecule has 2 heterocycles. The third-order valence-corrected chi connectivity index (χ3v) is 14.6. The van der Waals surface area contributed by atoms with Crippen LogP contribution in [0.25, 0.3) is 0 Å². The van der Waals surface area contributed by atoms with Gasteiger partial charge in [-0.25, -0.2) is 13.4 Å². The number of hydrogen-bond acceptors (Lipinski definition) is 7. The predicted octanol–water partition coefficient (Wildman–Crippen LogP) is 3.59. The molecule has 0 spiro atoms. The van der Waals surface area contributed by atoms with Crippen LogP contribution in [-0.4, -0.2) is 84.3 Å². The van der Waals surface area contributed by atoms with Gasteiger partial charge in [0.25, 0.3) is 5.56 Å². The molecule has 1 aromatic heterocycles. The van der Waals surface area contributed by atoms with E-state index in [1.165, 1.54) is 10.6 Å². The van der Waals surface area contributed by atoms with E-state index in [0.29, 0.717) is 51.6 Å². The van der Waals surface area contributed by atoms with Crippen molar-refractivity contribution in [3.8, 4) is 0 Å². The largest absolute Gasteiger partial charge is 0.417 e. The zero-order valence-electron chi connectivity index (χ0n) is 23.9. The van der Waals surface area contributed by atoms with Gasteiger partial charge in [0, 0.05) is 53.7 Å². The molecule has 0 radical (unpaired) electrons. The molecule has 1 fully saturated rings. The maximum atomic E-state index is 13.3. The number of hydrogen-bond donors (Lipinski definition) is 0. The number of ether oxygens (including phenoxy) is 1. The first kappa shape index (κ1) is 31.2. The van der Waals surface area contributed by atoms with Crippen molar-refractivity contribution in [3.63, 3.8) is 0 Å². The molecule has 0 amide bonds. The first-order chi connectivity index (χ1) is 16.4. The monoisotopic (exact) mass is 560 g/mol. The Morgan fingerprint density at radius 2 is 1.64 bits per heavy atom. The van der Waals surface area contributed by atoms with Crippen LogP contribution < -0.4 is 10.5 Å². The van der Waals surface area contributed by atoms with Crippen molar-refractivity contribution in [2.24, 2.45) is 0 Å². The van der Waals surface area contributed by atoms with E-state index < -0.39 is 26.4 Å². The number of sulfonamides is 1. The fourth-order valence-electron chi connectivity index (χ4n) is 3.57. The first-order valence-electron chi connectivity index (χ1n) is 12.9. The van der Waals surface area contributed by atoms with Crippen LogP contribution >= 0.6 is 0 Å². The van der Waals surface area contributed by atoms with Crippen LogP contribution in [0.5, 0.6) is 0 Å². The molecular weight excluding hydrogens is 513 g/mol. The smallest absolute Gasteiger partial charge is 0.295 e. The summed E-state index contributed by atoms with van der Waals surface area (Å²) < 4.78 is 39.1. The minimum absolute atomic E-state index is 0.160. The van der Waals surface area contributed by atoms with Gasteiger partial charge < -0.3 is 14.1 Å². The van der Waals surface area contributed by atoms with Gasteiger partial charge >= 0.3 is 0 Å². The van der Waals surface area contributed by atoms with Crippen molar-refractivity contribution in [1.29, 1.82) is 0 Å². The molecule has 0 saturated carbocycles. The molecule has 36 heavy (non-hydrogen) atoms. The molecule has 12 heteroatoms. The molecule has 1 saturated heterocycles. The minimum atomic E-state index is -3.25. The van der Waals surface area contributed by atoms with Crippen LogP contribution in [0.1, 0.15) is 32.9 Å². The summed E-state index contributed by atoms with van der Waals surface area (Å²) in [6.07, 6.45) is 4.53. The molecule has 0 atom stereocenters. The van der Waals surface area contributed by atoms with E-state index >= 15 is 0 Å². The topological polar surface area (TPSA) is 94.0 Å². The Hall–Kier alpha value is -1.06. The summed E-state index contributed by atoms with van der Waals surface area (Å²) in [6.45, 7) is 21.1. The molecule has 0 aliphatic carbocycles. The Labute approximate surface area is 220 Å². The van der Waals surface area contributed by atoms with Crippen LogP contribution in [0, 0.1) is 0 Å². The second kappa shape index (κ2) is 12.2. The Bertz CT molecular complexity index is 1020. The van der Waals surface area contributed by atoms with E-state index in [9.17, 15) is 13.2 Å². The summed E-state index contributed by atoms with van der Waals surface area (Å²) in [7, 11) is -6.29. The van der Waals surface area contributed by atoms with E-state index in [1.54, 1.807) is 10.8 Å². The maximum Gasteiger partial charge on any atom is 0.295 e. The highest BCUT2D eigenvalue weighted by molar-refractivity contribution is 7.88. The molecule has 1 aliphatic rings. The summed E-state index contributed by atoms with van der Waals surface area (Å²) in [4.78, 5) is 19.9. The first-order valence-corrected chi connectivity index (χ1v) is 21.4. The van der Waals surface area contributed by atoms with Crippen molar-refractivity contribution >= 4 is 32.2 Å². The molecule has 0 aromatic carbocycles. The third-order valence-electron chi connectivity index (χ3n) is 7.09. The van der Waals surface area contributed by atoms with E-state index in [4.69, 9.17) is 14.1 Å². The summed E-state index contributed by atoms with van der Waals surface area (Å²) >= 11 is 0. The number of piperazine rings is 1. The molecule has 0 bridgehead atoms. The summed E-state index contributed by atoms with van der Waals surface area (Å²) in [5, 5.41) is 0.160. The van der Waals surface area contributed by atoms with E-state index in [-0.39, 0.29) is 17.3 Å². The lowest BCUT2D eigenvalue weighted by Crippen LogP contribution is -2.50. The molecule has 0 N–H and O–H groups in total. The maximum absolute atomic E-state index is 13.3. The second-order valence-corrected chi connectivity index (χ2v) is 25.0. The van der Waals surface area contributed by atoms with Gasteiger partial charge in [-0.15, -0.1) is 0 Å². The fraction of sp³-hybridized carbons (Fsp3) is 0.833. The van der Waals surface area contributed by atoms with Gasteiger partial charge in [0.1, 0.15) is 6.73 Å². The van der Waals surface area contributed by atoms with Gasteiger partial charge in [0.15, 0.2) is 14.1 Å². The highest BCUT2D eigenvalue weighted by Crippen LogP contribution is 2.36. The summed E-state index contributed by atoms with van der Waals surface area (Å²) in [5.74, 6) is 0.375. The Balaban J connectivity index is 2.16. The summed E-state index contributed by atoms with van der Waals surface area (Å²) in [6, 6.07) is 1.03. The SMILES string of the molecule is CC(C)(C)[Si](C)(C)OCCCc1cn(COCC[Si](C)(C)C)c(=O)c(N2CCN(S(C)(=O)=O)CC2)n1. The van der Waals surface area contributed by atoms with Crippen LogP contribution in [0.15, 0.2) is 11.0 Å². The Kier molecular flexibility index (Phi) is 10.6. The average Bonchev–Trinajstić information content (AvgIpc) is 2.74. The molecule has 9 nitrogen and oxygen atoms in total. The Morgan fingerprint density at radius 3 is 2.17 bits per heavy atom. The van der Waals surface area contributed by atoms with Crippen molar-refractivity contribution in [1.82, 2.24) is 13.9 Å². The molecule has 208 valence electrons. The van der Waals surface area contributed by atoms with E-state index in [2.05, 4.69) is 53.5 Å². The molecule has 1 aromatic rings. The number of anilines is 1. The highest BCUT2D eigenvalue weighted by atomic mass is 32.2. The van der Waals surface area contributed by atoms with Gasteiger partial charge in [-0.05, 0) is 37.0 Å². The number of aryl methyl sites for hydroxylation is 1. The van der Waals surface area contributed by atoms with Gasteiger partial charge in [0.05, 0.1) is 11.9 Å². The molecule has 0 unspecified atom stereocenters. The second-order valence-electron chi connectivity index (χ2n) is 12.5. The Morgan fingerprint density at radius 1 is 1.03 bits per heavy atom. The lowest BCUT2D eigenvalue weighted by atomic mass is 10.2. The van der Waals surface area contributed by atoms with Gasteiger partial charge in [-0.3, -0.25) is 9.36 Å². The summed E-state index contributed by atoms with van der Waals surface area (Å²) in [5.41, 5.74) is 0.625. The van der Waals surface area contributed by atoms with Gasteiger partial charge in [0.2, 0.25) is 10.0 Å². The van der Waals surface area contributed by atoms with E-state index in [0.717, 1.165) is 18.2 Å². The van der Waals surface area contributed by atoms with E-state index in [1.807, 2.05) is 4.90 Å². The zero-order valence-corrected chi connectivity index (χ0v) is 26.7. The predicted molar refractivity (Wildman–Crippen MR) is 153 cm³/mol. The fourth-order valence-corrected chi connectivity index (χ4v) is 6.24. The van der Waals surface area contributed by atoms with Crippen LogP contribution in [-0.2, 0) is 32.3 Å². The standard InChI is InChI=1S/C24H48N4O5SSi2/c1-24(2,3)36(8,9)33-16-10-11-21-19-27(20-32-17-18-35(5,6)7)23(29)22(25-21)26-12-14-28(15-13-26)34(4,30)31/h19H,10-18,20H2,1-9H3. The van der Waals surface area contributed by atoms with Crippen LogP contribution in [0.4, 0.5) is 5.82 Å². The minimum Gasteiger partial charge on any atom is -0.417 e. The zero-order chi connectivity index (χ0) is 27.4. The number of nitrogens with zero attached hydrogens (tertiary/aromatic N) is 4. The lowest BCUT2D eigenvalue weighted by Gasteiger charge is -2.36. The molecular formula is C24H48N4O5SSi2. The highest BCUT2D eigenvalue weighted by Gasteiger charge is 2.36. The lowest BCUT2D eigenvalue weighted by molar-refractivity contribution is 0.0844. The van der Waals surface area contributed by atoms with Gasteiger partial charge in [-0.1, -0.05) is 40.4 Å². The van der Waals surface area contributed by atoms with Crippen LogP contribution in [0.2, 0.25) is 43.8 Å². The normalized spacial score (nSPS) is 16.5. The van der Waals surface area contributed by atoms with Gasteiger partial charge in [-0.2, -0.15) is 4.31 Å². The molecule has 1 aliphatic heterocycles. The van der Waals surface area contributed by atoms with Crippen molar-refractivity contribution < 1.29 is 17.6 Å². The average molecular weight is 561 g/mol. The number of rotatable bonds is 12. The van der Waals surface area contributed by atoms with Crippen LogP contribution in [0.3, 0.4) is 0 Å². The van der Waals surface area contributed by atoms with Crippen molar-refractivity contribution in [3.05, 3.63) is 22.2 Å². The molecule has 2 rings (SSSR count). The third kappa shape index (κ3) is 9.36. The number of aromatic nitrogens is 2.